The van der Waals surface area contributed by atoms with Gasteiger partial charge in [0.25, 0.3) is 0 Å². The van der Waals surface area contributed by atoms with Crippen molar-refractivity contribution in [1.29, 1.82) is 0 Å². The molecule has 2 N–H and O–H groups in total. The molecule has 0 aromatic carbocycles. The number of nitrogens with two attached hydrogens (primary N) is 1. The van der Waals surface area contributed by atoms with E-state index in [0.29, 0.717) is 0 Å². The van der Waals surface area contributed by atoms with Crippen LogP contribution in [0.4, 0.5) is 0 Å². The second-order valence-electron chi connectivity index (χ2n) is 3.15. The molecule has 0 unspecified atom stereocenters. The first kappa shape index (κ1) is 10.2. The fourth-order valence-electron chi connectivity index (χ4n) is 1.28. The lowest BCUT2D eigenvalue weighted by atomic mass is 10.2. The Morgan fingerprint density at radius 3 is 3.08 bits per heavy atom. The number of rotatable bonds is 5. The normalized spacial score (nSPS) is 13.2. The molecule has 0 aliphatic rings. The Morgan fingerprint density at radius 1 is 1.69 bits per heavy atom. The molecule has 1 atom stereocenters. The van der Waals surface area contributed by atoms with E-state index in [4.69, 9.17) is 10.5 Å². The van der Waals surface area contributed by atoms with E-state index in [1.807, 2.05) is 19.4 Å². The van der Waals surface area contributed by atoms with Crippen LogP contribution in [0.5, 0.6) is 0 Å². The summed E-state index contributed by atoms with van der Waals surface area (Å²) in [5.74, 6) is 0. The number of hydrogen-bond donors (Lipinski definition) is 1. The summed E-state index contributed by atoms with van der Waals surface area (Å²) in [5.41, 5.74) is 6.85. The van der Waals surface area contributed by atoms with E-state index in [0.717, 1.165) is 25.3 Å². The standard InChI is InChI=1S/C9H17N3O/c1-8(10)9-6-11-7-12(9)4-3-5-13-2/h6-8H,3-5,10H2,1-2H3/t8-/m0/s1. The van der Waals surface area contributed by atoms with Crippen LogP contribution in [0.1, 0.15) is 25.1 Å². The van der Waals surface area contributed by atoms with E-state index < -0.39 is 0 Å². The fourth-order valence-corrected chi connectivity index (χ4v) is 1.28. The first-order chi connectivity index (χ1) is 6.25. The Kier molecular flexibility index (Phi) is 3.92. The molecule has 0 bridgehead atoms. The van der Waals surface area contributed by atoms with Gasteiger partial charge >= 0.3 is 0 Å². The predicted molar refractivity (Wildman–Crippen MR) is 51.3 cm³/mol. The maximum atomic E-state index is 5.77. The van der Waals surface area contributed by atoms with Crippen LogP contribution in [0.15, 0.2) is 12.5 Å². The average Bonchev–Trinajstić information content (AvgIpc) is 2.53. The van der Waals surface area contributed by atoms with Gasteiger partial charge in [0, 0.05) is 32.5 Å². The van der Waals surface area contributed by atoms with Crippen LogP contribution in [-0.2, 0) is 11.3 Å². The SMILES string of the molecule is COCCCn1cncc1[C@H](C)N. The van der Waals surface area contributed by atoms with Crippen molar-refractivity contribution in [1.82, 2.24) is 9.55 Å². The van der Waals surface area contributed by atoms with E-state index in [9.17, 15) is 0 Å². The highest BCUT2D eigenvalue weighted by Crippen LogP contribution is 2.08. The van der Waals surface area contributed by atoms with Crippen LogP contribution in [0.25, 0.3) is 0 Å². The van der Waals surface area contributed by atoms with Crippen molar-refractivity contribution in [3.05, 3.63) is 18.2 Å². The van der Waals surface area contributed by atoms with Crippen molar-refractivity contribution in [3.63, 3.8) is 0 Å². The van der Waals surface area contributed by atoms with Crippen LogP contribution in [-0.4, -0.2) is 23.3 Å². The van der Waals surface area contributed by atoms with Gasteiger partial charge < -0.3 is 15.0 Å². The smallest absolute Gasteiger partial charge is 0.0948 e. The van der Waals surface area contributed by atoms with Crippen LogP contribution >= 0.6 is 0 Å². The Bertz CT molecular complexity index is 245. The second-order valence-corrected chi connectivity index (χ2v) is 3.15. The van der Waals surface area contributed by atoms with Gasteiger partial charge in [0.2, 0.25) is 0 Å². The largest absolute Gasteiger partial charge is 0.385 e. The predicted octanol–water partition coefficient (Wildman–Crippen LogP) is 0.939. The van der Waals surface area contributed by atoms with Crippen molar-refractivity contribution in [3.8, 4) is 0 Å². The van der Waals surface area contributed by atoms with Gasteiger partial charge in [0.05, 0.1) is 12.0 Å². The molecule has 0 aliphatic heterocycles. The molecule has 1 aromatic heterocycles. The summed E-state index contributed by atoms with van der Waals surface area (Å²) in [6.07, 6.45) is 4.62. The summed E-state index contributed by atoms with van der Waals surface area (Å²) in [7, 11) is 1.71. The zero-order valence-corrected chi connectivity index (χ0v) is 8.23. The van der Waals surface area contributed by atoms with Crippen molar-refractivity contribution in [2.75, 3.05) is 13.7 Å². The molecule has 74 valence electrons. The number of ether oxygens (including phenoxy) is 1. The molecule has 1 aromatic rings. The van der Waals surface area contributed by atoms with Gasteiger partial charge in [0.15, 0.2) is 0 Å². The van der Waals surface area contributed by atoms with Crippen molar-refractivity contribution in [2.45, 2.75) is 25.9 Å². The Hall–Kier alpha value is -0.870. The molecule has 0 radical (unpaired) electrons. The van der Waals surface area contributed by atoms with E-state index in [1.165, 1.54) is 0 Å². The van der Waals surface area contributed by atoms with Crippen LogP contribution in [0.3, 0.4) is 0 Å². The number of aromatic nitrogens is 2. The molecule has 0 saturated heterocycles. The minimum absolute atomic E-state index is 0.0463. The molecule has 0 amide bonds. The van der Waals surface area contributed by atoms with E-state index >= 15 is 0 Å². The van der Waals surface area contributed by atoms with E-state index in [1.54, 1.807) is 7.11 Å². The van der Waals surface area contributed by atoms with Gasteiger partial charge in [0.1, 0.15) is 0 Å². The first-order valence-electron chi connectivity index (χ1n) is 4.50. The number of aryl methyl sites for hydroxylation is 1. The Labute approximate surface area is 78.7 Å². The third kappa shape index (κ3) is 2.82. The number of imidazole rings is 1. The van der Waals surface area contributed by atoms with Gasteiger partial charge in [-0.25, -0.2) is 4.98 Å². The summed E-state index contributed by atoms with van der Waals surface area (Å²) >= 11 is 0. The molecule has 1 rings (SSSR count). The van der Waals surface area contributed by atoms with Gasteiger partial charge in [-0.3, -0.25) is 0 Å². The fraction of sp³-hybridized carbons (Fsp3) is 0.667. The van der Waals surface area contributed by atoms with Crippen molar-refractivity contribution in [2.24, 2.45) is 5.73 Å². The quantitative estimate of drug-likeness (QED) is 0.691. The summed E-state index contributed by atoms with van der Waals surface area (Å²) in [4.78, 5) is 4.06. The summed E-state index contributed by atoms with van der Waals surface area (Å²) in [5, 5.41) is 0. The number of methoxy groups -OCH3 is 1. The highest BCUT2D eigenvalue weighted by molar-refractivity contribution is 5.02. The summed E-state index contributed by atoms with van der Waals surface area (Å²) in [6.45, 7) is 3.66. The number of hydrogen-bond acceptors (Lipinski definition) is 3. The summed E-state index contributed by atoms with van der Waals surface area (Å²) in [6, 6.07) is 0.0463. The molecule has 1 heterocycles. The first-order valence-corrected chi connectivity index (χ1v) is 4.50. The Balaban J connectivity index is 2.50. The average molecular weight is 183 g/mol. The zero-order valence-electron chi connectivity index (χ0n) is 8.23. The lowest BCUT2D eigenvalue weighted by Crippen LogP contribution is -2.12. The molecular formula is C9H17N3O. The third-order valence-electron chi connectivity index (χ3n) is 1.96. The third-order valence-corrected chi connectivity index (χ3v) is 1.96. The highest BCUT2D eigenvalue weighted by Gasteiger charge is 2.05. The lowest BCUT2D eigenvalue weighted by molar-refractivity contribution is 0.190. The van der Waals surface area contributed by atoms with Crippen molar-refractivity contribution < 1.29 is 4.74 Å². The van der Waals surface area contributed by atoms with Gasteiger partial charge in [-0.05, 0) is 13.3 Å². The van der Waals surface area contributed by atoms with E-state index in [2.05, 4.69) is 9.55 Å². The maximum Gasteiger partial charge on any atom is 0.0948 e. The highest BCUT2D eigenvalue weighted by atomic mass is 16.5. The Morgan fingerprint density at radius 2 is 2.46 bits per heavy atom. The maximum absolute atomic E-state index is 5.77. The zero-order chi connectivity index (χ0) is 9.68. The van der Waals surface area contributed by atoms with E-state index in [-0.39, 0.29) is 6.04 Å². The van der Waals surface area contributed by atoms with Gasteiger partial charge in [-0.2, -0.15) is 0 Å². The van der Waals surface area contributed by atoms with Gasteiger partial charge in [-0.15, -0.1) is 0 Å². The van der Waals surface area contributed by atoms with Crippen LogP contribution < -0.4 is 5.73 Å². The molecular weight excluding hydrogens is 166 g/mol. The topological polar surface area (TPSA) is 53.1 Å². The molecule has 0 fully saturated rings. The summed E-state index contributed by atoms with van der Waals surface area (Å²) < 4.78 is 7.05. The van der Waals surface area contributed by atoms with Gasteiger partial charge in [-0.1, -0.05) is 0 Å². The lowest BCUT2D eigenvalue weighted by Gasteiger charge is -2.09. The van der Waals surface area contributed by atoms with Crippen LogP contribution in [0, 0.1) is 0 Å². The molecule has 4 nitrogen and oxygen atoms in total. The van der Waals surface area contributed by atoms with Crippen molar-refractivity contribution >= 4 is 0 Å². The minimum Gasteiger partial charge on any atom is -0.385 e. The monoisotopic (exact) mass is 183 g/mol. The molecule has 0 spiro atoms. The number of nitrogens with zero attached hydrogens (tertiary/aromatic N) is 2. The molecule has 4 heteroatoms. The molecule has 0 saturated carbocycles. The van der Waals surface area contributed by atoms with Crippen LogP contribution in [0.2, 0.25) is 0 Å². The molecule has 13 heavy (non-hydrogen) atoms. The molecule has 0 aliphatic carbocycles. The minimum atomic E-state index is 0.0463. The second kappa shape index (κ2) is 4.99.